The summed E-state index contributed by atoms with van der Waals surface area (Å²) >= 11 is 3.72. The molecule has 0 saturated heterocycles. The minimum absolute atomic E-state index is 0.909. The topological polar surface area (TPSA) is 12.9 Å². The molecule has 0 fully saturated rings. The molecule has 1 aliphatic rings. The minimum Gasteiger partial charge on any atom is -0.241 e. The minimum atomic E-state index is 0.909. The Bertz CT molecular complexity index is 524. The van der Waals surface area contributed by atoms with E-state index in [0.29, 0.717) is 0 Å². The van der Waals surface area contributed by atoms with Crippen LogP contribution in [0.5, 0.6) is 0 Å². The van der Waals surface area contributed by atoms with Crippen LogP contribution < -0.4 is 0 Å². The monoisotopic (exact) mass is 263 g/mol. The maximum atomic E-state index is 4.63. The molecular formula is C14H17NS2. The highest BCUT2D eigenvalue weighted by Crippen LogP contribution is 2.39. The van der Waals surface area contributed by atoms with E-state index in [-0.39, 0.29) is 0 Å². The molecule has 0 saturated carbocycles. The predicted molar refractivity (Wildman–Crippen MR) is 76.0 cm³/mol. The highest BCUT2D eigenvalue weighted by molar-refractivity contribution is 7.14. The summed E-state index contributed by atoms with van der Waals surface area (Å²) in [4.78, 5) is 6.24. The second-order valence-electron chi connectivity index (χ2n) is 4.86. The third-order valence-corrected chi connectivity index (χ3v) is 5.73. The van der Waals surface area contributed by atoms with E-state index >= 15 is 0 Å². The molecular weight excluding hydrogens is 246 g/mol. The van der Waals surface area contributed by atoms with Crippen LogP contribution in [0.4, 0.5) is 0 Å². The van der Waals surface area contributed by atoms with Crippen LogP contribution in [-0.4, -0.2) is 4.98 Å². The predicted octanol–water partition coefficient (Wildman–Crippen LogP) is 4.69. The zero-order valence-electron chi connectivity index (χ0n) is 10.3. The van der Waals surface area contributed by atoms with Gasteiger partial charge < -0.3 is 0 Å². The summed E-state index contributed by atoms with van der Waals surface area (Å²) in [7, 11) is 0. The van der Waals surface area contributed by atoms with Gasteiger partial charge in [-0.15, -0.1) is 22.7 Å². The van der Waals surface area contributed by atoms with Crippen LogP contribution in [0.1, 0.15) is 35.9 Å². The molecule has 1 unspecified atom stereocenters. The largest absolute Gasteiger partial charge is 0.241 e. The Labute approximate surface area is 111 Å². The first-order chi connectivity index (χ1) is 8.28. The molecule has 3 heteroatoms. The van der Waals surface area contributed by atoms with Gasteiger partial charge in [0.25, 0.3) is 0 Å². The summed E-state index contributed by atoms with van der Waals surface area (Å²) in [5, 5.41) is 5.69. The van der Waals surface area contributed by atoms with E-state index in [1.54, 1.807) is 21.8 Å². The van der Waals surface area contributed by atoms with Crippen LogP contribution in [0.15, 0.2) is 10.8 Å². The number of thiazole rings is 1. The van der Waals surface area contributed by atoms with E-state index in [1.807, 2.05) is 11.3 Å². The number of fused-ring (bicyclic) bond motifs is 1. The molecule has 0 aromatic carbocycles. The van der Waals surface area contributed by atoms with E-state index in [1.165, 1.54) is 36.3 Å². The Morgan fingerprint density at radius 3 is 2.94 bits per heavy atom. The lowest BCUT2D eigenvalue weighted by atomic mass is 9.86. The molecule has 90 valence electrons. The Balaban J connectivity index is 1.96. The highest BCUT2D eigenvalue weighted by atomic mass is 32.1. The number of thiophene rings is 1. The molecule has 0 spiro atoms. The fourth-order valence-corrected chi connectivity index (χ4v) is 4.70. The number of hydrogen-bond donors (Lipinski definition) is 0. The quantitative estimate of drug-likeness (QED) is 0.765. The van der Waals surface area contributed by atoms with E-state index < -0.39 is 0 Å². The van der Waals surface area contributed by atoms with Gasteiger partial charge in [-0.2, -0.15) is 0 Å². The van der Waals surface area contributed by atoms with E-state index in [0.717, 1.165) is 11.6 Å². The van der Waals surface area contributed by atoms with E-state index in [4.69, 9.17) is 0 Å². The Kier molecular flexibility index (Phi) is 3.05. The Hall–Kier alpha value is -0.670. The number of rotatable bonds is 2. The molecule has 0 bridgehead atoms. The summed E-state index contributed by atoms with van der Waals surface area (Å²) in [6.45, 7) is 4.39. The number of nitrogens with zero attached hydrogens (tertiary/aromatic N) is 1. The highest BCUT2D eigenvalue weighted by Gasteiger charge is 2.22. The average Bonchev–Trinajstić information content (AvgIpc) is 2.93. The Morgan fingerprint density at radius 2 is 2.24 bits per heavy atom. The standard InChI is InChI=1S/C14H17NS2/c1-3-10-4-5-11-12(8-16-13(11)6-10)14-15-9(2)7-17-14/h7-8,10H,3-6H2,1-2H3. The van der Waals surface area contributed by atoms with Crippen LogP contribution in [0, 0.1) is 12.8 Å². The van der Waals surface area contributed by atoms with E-state index in [9.17, 15) is 0 Å². The van der Waals surface area contributed by atoms with E-state index in [2.05, 4.69) is 29.6 Å². The zero-order chi connectivity index (χ0) is 11.8. The number of aromatic nitrogens is 1. The van der Waals surface area contributed by atoms with Crippen molar-refractivity contribution >= 4 is 22.7 Å². The Morgan fingerprint density at radius 1 is 1.35 bits per heavy atom. The smallest absolute Gasteiger partial charge is 0.124 e. The summed E-state index contributed by atoms with van der Waals surface area (Å²) in [5.74, 6) is 0.909. The second-order valence-corrected chi connectivity index (χ2v) is 6.68. The third kappa shape index (κ3) is 2.06. The van der Waals surface area contributed by atoms with Crippen LogP contribution in [0.3, 0.4) is 0 Å². The molecule has 2 aromatic heterocycles. The van der Waals surface area contributed by atoms with Gasteiger partial charge in [0, 0.05) is 26.9 Å². The molecule has 2 heterocycles. The van der Waals surface area contributed by atoms with Crippen molar-refractivity contribution < 1.29 is 0 Å². The van der Waals surface area contributed by atoms with Crippen molar-refractivity contribution in [2.24, 2.45) is 5.92 Å². The van der Waals surface area contributed by atoms with Crippen molar-refractivity contribution in [1.29, 1.82) is 0 Å². The summed E-state index contributed by atoms with van der Waals surface area (Å²) in [5.41, 5.74) is 4.15. The van der Waals surface area contributed by atoms with Crippen LogP contribution in [-0.2, 0) is 12.8 Å². The van der Waals surface area contributed by atoms with Gasteiger partial charge in [0.05, 0.1) is 0 Å². The fourth-order valence-electron chi connectivity index (χ4n) is 2.59. The van der Waals surface area contributed by atoms with Gasteiger partial charge in [-0.3, -0.25) is 0 Å². The van der Waals surface area contributed by atoms with Gasteiger partial charge in [-0.05, 0) is 37.7 Å². The average molecular weight is 263 g/mol. The van der Waals surface area contributed by atoms with Crippen molar-refractivity contribution in [2.75, 3.05) is 0 Å². The number of aryl methyl sites for hydroxylation is 1. The summed E-state index contributed by atoms with van der Waals surface area (Å²) in [6, 6.07) is 0. The van der Waals surface area contributed by atoms with Crippen LogP contribution in [0.2, 0.25) is 0 Å². The molecule has 2 aromatic rings. The molecule has 3 rings (SSSR count). The first-order valence-electron chi connectivity index (χ1n) is 6.29. The first-order valence-corrected chi connectivity index (χ1v) is 8.05. The molecule has 1 aliphatic carbocycles. The summed E-state index contributed by atoms with van der Waals surface area (Å²) < 4.78 is 0. The molecule has 0 radical (unpaired) electrons. The summed E-state index contributed by atoms with van der Waals surface area (Å²) in [6.07, 6.45) is 5.23. The zero-order valence-corrected chi connectivity index (χ0v) is 12.0. The van der Waals surface area contributed by atoms with Gasteiger partial charge in [0.15, 0.2) is 0 Å². The SMILES string of the molecule is CCC1CCc2c(-c3nc(C)cs3)csc2C1. The second kappa shape index (κ2) is 4.54. The first kappa shape index (κ1) is 11.4. The molecule has 0 aliphatic heterocycles. The fraction of sp³-hybridized carbons (Fsp3) is 0.500. The molecule has 17 heavy (non-hydrogen) atoms. The molecule has 0 N–H and O–H groups in total. The van der Waals surface area contributed by atoms with Crippen molar-refractivity contribution in [3.8, 4) is 10.6 Å². The lowest BCUT2D eigenvalue weighted by Crippen LogP contribution is -2.11. The molecule has 0 amide bonds. The van der Waals surface area contributed by atoms with Crippen molar-refractivity contribution in [3.63, 3.8) is 0 Å². The van der Waals surface area contributed by atoms with Crippen molar-refractivity contribution in [2.45, 2.75) is 39.5 Å². The van der Waals surface area contributed by atoms with Gasteiger partial charge in [0.2, 0.25) is 0 Å². The van der Waals surface area contributed by atoms with Crippen LogP contribution >= 0.6 is 22.7 Å². The van der Waals surface area contributed by atoms with Gasteiger partial charge in [0.1, 0.15) is 5.01 Å². The van der Waals surface area contributed by atoms with Gasteiger partial charge >= 0.3 is 0 Å². The normalized spacial score (nSPS) is 19.3. The number of hydrogen-bond acceptors (Lipinski definition) is 3. The van der Waals surface area contributed by atoms with Crippen molar-refractivity contribution in [1.82, 2.24) is 4.98 Å². The van der Waals surface area contributed by atoms with Crippen molar-refractivity contribution in [3.05, 3.63) is 26.9 Å². The lowest BCUT2D eigenvalue weighted by molar-refractivity contribution is 0.450. The van der Waals surface area contributed by atoms with Crippen LogP contribution in [0.25, 0.3) is 10.6 Å². The molecule has 1 nitrogen and oxygen atoms in total. The van der Waals surface area contributed by atoms with Gasteiger partial charge in [-0.25, -0.2) is 4.98 Å². The van der Waals surface area contributed by atoms with Gasteiger partial charge in [-0.1, -0.05) is 13.3 Å². The molecule has 1 atom stereocenters. The maximum Gasteiger partial charge on any atom is 0.124 e. The lowest BCUT2D eigenvalue weighted by Gasteiger charge is -2.21. The maximum absolute atomic E-state index is 4.63. The third-order valence-electron chi connectivity index (χ3n) is 3.68.